The number of carbonyl (C=O) groups excluding carboxylic acids is 2. The molecule has 4 nitrogen and oxygen atoms in total. The van der Waals surface area contributed by atoms with Gasteiger partial charge in [-0.3, -0.25) is 9.59 Å². The Labute approximate surface area is 148 Å². The standard InChI is InChI=1S/C21H23NO3/c1-3-4-8-13-22-18-14-17(15(2)23)11-12-19(18)25-20(21(22)24)16-9-6-5-7-10-16/h5-7,9-12,14,20H,3-4,8,13H2,1-2H3. The van der Waals surface area contributed by atoms with Gasteiger partial charge in [0.2, 0.25) is 6.10 Å². The summed E-state index contributed by atoms with van der Waals surface area (Å²) in [6.45, 7) is 4.30. The van der Waals surface area contributed by atoms with Crippen molar-refractivity contribution in [3.05, 3.63) is 59.7 Å². The number of benzene rings is 2. The van der Waals surface area contributed by atoms with E-state index in [2.05, 4.69) is 6.92 Å². The van der Waals surface area contributed by atoms with Crippen molar-refractivity contribution in [2.45, 2.75) is 39.2 Å². The van der Waals surface area contributed by atoms with Gasteiger partial charge in [0.1, 0.15) is 5.75 Å². The summed E-state index contributed by atoms with van der Waals surface area (Å²) in [5.41, 5.74) is 2.13. The van der Waals surface area contributed by atoms with Crippen molar-refractivity contribution >= 4 is 17.4 Å². The molecule has 1 aliphatic rings. The molecule has 0 radical (unpaired) electrons. The fourth-order valence-corrected chi connectivity index (χ4v) is 3.07. The van der Waals surface area contributed by atoms with Crippen LogP contribution in [0.25, 0.3) is 0 Å². The van der Waals surface area contributed by atoms with Crippen LogP contribution >= 0.6 is 0 Å². The molecule has 0 fully saturated rings. The largest absolute Gasteiger partial charge is 0.474 e. The molecule has 0 saturated heterocycles. The number of ketones is 1. The van der Waals surface area contributed by atoms with Gasteiger partial charge in [-0.25, -0.2) is 0 Å². The summed E-state index contributed by atoms with van der Waals surface area (Å²) in [6, 6.07) is 14.9. The second-order valence-electron chi connectivity index (χ2n) is 6.34. The van der Waals surface area contributed by atoms with E-state index in [9.17, 15) is 9.59 Å². The first-order valence-corrected chi connectivity index (χ1v) is 8.79. The smallest absolute Gasteiger partial charge is 0.272 e. The first-order valence-electron chi connectivity index (χ1n) is 8.79. The predicted molar refractivity (Wildman–Crippen MR) is 98.1 cm³/mol. The third kappa shape index (κ3) is 3.58. The average Bonchev–Trinajstić information content (AvgIpc) is 2.63. The summed E-state index contributed by atoms with van der Waals surface area (Å²) in [5, 5.41) is 0. The van der Waals surface area contributed by atoms with Crippen molar-refractivity contribution in [1.82, 2.24) is 0 Å². The lowest BCUT2D eigenvalue weighted by molar-refractivity contribution is -0.126. The number of unbranched alkanes of at least 4 members (excludes halogenated alkanes) is 2. The molecule has 1 heterocycles. The molecule has 25 heavy (non-hydrogen) atoms. The first-order chi connectivity index (χ1) is 12.1. The van der Waals surface area contributed by atoms with E-state index >= 15 is 0 Å². The van der Waals surface area contributed by atoms with Crippen molar-refractivity contribution in [3.63, 3.8) is 0 Å². The summed E-state index contributed by atoms with van der Waals surface area (Å²) >= 11 is 0. The number of anilines is 1. The van der Waals surface area contributed by atoms with E-state index in [0.29, 0.717) is 23.5 Å². The molecule has 0 aromatic heterocycles. The number of amides is 1. The normalized spacial score (nSPS) is 16.3. The highest BCUT2D eigenvalue weighted by Gasteiger charge is 2.35. The van der Waals surface area contributed by atoms with Crippen molar-refractivity contribution in [2.24, 2.45) is 0 Å². The molecule has 0 spiro atoms. The third-order valence-electron chi connectivity index (χ3n) is 4.48. The second kappa shape index (κ2) is 7.51. The van der Waals surface area contributed by atoms with Crippen LogP contribution < -0.4 is 9.64 Å². The molecule has 0 N–H and O–H groups in total. The molecule has 3 rings (SSSR count). The van der Waals surface area contributed by atoms with Crippen molar-refractivity contribution in [1.29, 1.82) is 0 Å². The molecule has 2 aromatic carbocycles. The van der Waals surface area contributed by atoms with Gasteiger partial charge in [0.15, 0.2) is 5.78 Å². The molecule has 1 atom stereocenters. The zero-order chi connectivity index (χ0) is 17.8. The van der Waals surface area contributed by atoms with Crippen LogP contribution in [0.2, 0.25) is 0 Å². The van der Waals surface area contributed by atoms with Crippen LogP contribution in [0.15, 0.2) is 48.5 Å². The number of rotatable bonds is 6. The molecule has 2 aromatic rings. The summed E-state index contributed by atoms with van der Waals surface area (Å²) < 4.78 is 6.00. The molecular weight excluding hydrogens is 314 g/mol. The van der Waals surface area contributed by atoms with Gasteiger partial charge in [-0.15, -0.1) is 0 Å². The Morgan fingerprint density at radius 1 is 1.12 bits per heavy atom. The Morgan fingerprint density at radius 2 is 1.88 bits per heavy atom. The van der Waals surface area contributed by atoms with Crippen LogP contribution in [-0.2, 0) is 4.79 Å². The molecule has 0 bridgehead atoms. The third-order valence-corrected chi connectivity index (χ3v) is 4.48. The fourth-order valence-electron chi connectivity index (χ4n) is 3.07. The molecular formula is C21H23NO3. The number of fused-ring (bicyclic) bond motifs is 1. The highest BCUT2D eigenvalue weighted by Crippen LogP contribution is 2.39. The maximum absolute atomic E-state index is 13.1. The van der Waals surface area contributed by atoms with Crippen molar-refractivity contribution in [2.75, 3.05) is 11.4 Å². The highest BCUT2D eigenvalue weighted by molar-refractivity contribution is 6.03. The highest BCUT2D eigenvalue weighted by atomic mass is 16.5. The monoisotopic (exact) mass is 337 g/mol. The van der Waals surface area contributed by atoms with E-state index in [4.69, 9.17) is 4.74 Å². The maximum atomic E-state index is 13.1. The van der Waals surface area contributed by atoms with Crippen LogP contribution in [-0.4, -0.2) is 18.2 Å². The van der Waals surface area contributed by atoms with Gasteiger partial charge < -0.3 is 9.64 Å². The minimum Gasteiger partial charge on any atom is -0.474 e. The summed E-state index contributed by atoms with van der Waals surface area (Å²) in [5.74, 6) is 0.555. The lowest BCUT2D eigenvalue weighted by Crippen LogP contribution is -2.41. The summed E-state index contributed by atoms with van der Waals surface area (Å²) in [7, 11) is 0. The molecule has 1 unspecified atom stereocenters. The minimum absolute atomic E-state index is 0.0195. The number of nitrogens with zero attached hydrogens (tertiary/aromatic N) is 1. The van der Waals surface area contributed by atoms with Crippen molar-refractivity contribution in [3.8, 4) is 5.75 Å². The predicted octanol–water partition coefficient (Wildman–Crippen LogP) is 4.55. The van der Waals surface area contributed by atoms with Crippen LogP contribution in [0.1, 0.15) is 55.1 Å². The van der Waals surface area contributed by atoms with Gasteiger partial charge in [-0.1, -0.05) is 50.1 Å². The lowest BCUT2D eigenvalue weighted by Gasteiger charge is -2.35. The fraction of sp³-hybridized carbons (Fsp3) is 0.333. The number of hydrogen-bond acceptors (Lipinski definition) is 3. The Balaban J connectivity index is 1.99. The van der Waals surface area contributed by atoms with Crippen LogP contribution in [0, 0.1) is 0 Å². The van der Waals surface area contributed by atoms with Crippen LogP contribution in [0.3, 0.4) is 0 Å². The van der Waals surface area contributed by atoms with E-state index in [0.717, 1.165) is 24.8 Å². The number of hydrogen-bond donors (Lipinski definition) is 0. The Morgan fingerprint density at radius 3 is 2.56 bits per heavy atom. The summed E-state index contributed by atoms with van der Waals surface area (Å²) in [4.78, 5) is 26.6. The first kappa shape index (κ1) is 17.2. The second-order valence-corrected chi connectivity index (χ2v) is 6.34. The zero-order valence-corrected chi connectivity index (χ0v) is 14.7. The minimum atomic E-state index is -0.640. The SMILES string of the molecule is CCCCCN1C(=O)C(c2ccccc2)Oc2ccc(C(C)=O)cc21. The molecule has 1 aliphatic heterocycles. The van der Waals surface area contributed by atoms with Gasteiger partial charge in [0, 0.05) is 17.7 Å². The topological polar surface area (TPSA) is 46.6 Å². The molecule has 130 valence electrons. The van der Waals surface area contributed by atoms with E-state index in [1.807, 2.05) is 30.3 Å². The number of ether oxygens (including phenoxy) is 1. The Kier molecular flexibility index (Phi) is 5.17. The quantitative estimate of drug-likeness (QED) is 0.574. The van der Waals surface area contributed by atoms with E-state index in [1.165, 1.54) is 6.92 Å². The maximum Gasteiger partial charge on any atom is 0.272 e. The average molecular weight is 337 g/mol. The van der Waals surface area contributed by atoms with Gasteiger partial charge >= 0.3 is 0 Å². The zero-order valence-electron chi connectivity index (χ0n) is 14.7. The Hall–Kier alpha value is -2.62. The number of Topliss-reactive ketones (excluding diaryl/α,β-unsaturated/α-hetero) is 1. The van der Waals surface area contributed by atoms with Crippen LogP contribution in [0.4, 0.5) is 5.69 Å². The van der Waals surface area contributed by atoms with Gasteiger partial charge in [-0.2, -0.15) is 0 Å². The molecule has 0 aliphatic carbocycles. The van der Waals surface area contributed by atoms with Gasteiger partial charge in [0.05, 0.1) is 5.69 Å². The van der Waals surface area contributed by atoms with E-state index < -0.39 is 6.10 Å². The lowest BCUT2D eigenvalue weighted by atomic mass is 10.0. The molecule has 4 heteroatoms. The summed E-state index contributed by atoms with van der Waals surface area (Å²) in [6.07, 6.45) is 2.43. The Bertz CT molecular complexity index is 770. The number of carbonyl (C=O) groups is 2. The van der Waals surface area contributed by atoms with E-state index in [-0.39, 0.29) is 11.7 Å². The van der Waals surface area contributed by atoms with Crippen LogP contribution in [0.5, 0.6) is 5.75 Å². The molecule has 1 amide bonds. The van der Waals surface area contributed by atoms with E-state index in [1.54, 1.807) is 23.1 Å². The molecule has 0 saturated carbocycles. The van der Waals surface area contributed by atoms with Gasteiger partial charge in [-0.05, 0) is 31.5 Å². The van der Waals surface area contributed by atoms with Gasteiger partial charge in [0.25, 0.3) is 5.91 Å². The van der Waals surface area contributed by atoms with Crippen molar-refractivity contribution < 1.29 is 14.3 Å².